The van der Waals surface area contributed by atoms with Crippen LogP contribution in [-0.4, -0.2) is 12.0 Å². The Labute approximate surface area is 130 Å². The van der Waals surface area contributed by atoms with Crippen molar-refractivity contribution in [1.82, 2.24) is 10.3 Å². The van der Waals surface area contributed by atoms with E-state index in [0.717, 1.165) is 22.9 Å². The van der Waals surface area contributed by atoms with Crippen molar-refractivity contribution in [3.8, 4) is 0 Å². The lowest BCUT2D eigenvalue weighted by atomic mass is 10.1. The molecule has 2 aromatic rings. The standard InChI is InChI=1S/C16H19ClN2S/c1-3-15(18-2)16-9-8-14(10-19-16)20-11-12-4-6-13(17)7-5-12/h4-10,15,18H,3,11H2,1-2H3. The summed E-state index contributed by atoms with van der Waals surface area (Å²) in [6.07, 6.45) is 3.00. The molecule has 0 aliphatic carbocycles. The molecule has 0 aliphatic heterocycles. The first kappa shape index (κ1) is 15.4. The van der Waals surface area contributed by atoms with E-state index in [2.05, 4.69) is 41.5 Å². The summed E-state index contributed by atoms with van der Waals surface area (Å²) in [6.45, 7) is 2.16. The Morgan fingerprint density at radius 2 is 1.95 bits per heavy atom. The molecule has 4 heteroatoms. The van der Waals surface area contributed by atoms with Crippen LogP contribution in [-0.2, 0) is 5.75 Å². The summed E-state index contributed by atoms with van der Waals surface area (Å²) in [4.78, 5) is 5.73. The zero-order valence-corrected chi connectivity index (χ0v) is 13.3. The second kappa shape index (κ2) is 7.67. The molecule has 0 amide bonds. The third-order valence-electron chi connectivity index (χ3n) is 3.19. The van der Waals surface area contributed by atoms with Crippen LogP contribution in [0.3, 0.4) is 0 Å². The van der Waals surface area contributed by atoms with Gasteiger partial charge in [0.15, 0.2) is 0 Å². The second-order valence-electron chi connectivity index (χ2n) is 4.58. The summed E-state index contributed by atoms with van der Waals surface area (Å²) in [7, 11) is 1.97. The maximum atomic E-state index is 5.88. The largest absolute Gasteiger partial charge is 0.312 e. The van der Waals surface area contributed by atoms with E-state index < -0.39 is 0 Å². The van der Waals surface area contributed by atoms with Crippen LogP contribution in [0.2, 0.25) is 5.02 Å². The number of halogens is 1. The summed E-state index contributed by atoms with van der Waals surface area (Å²) in [5.41, 5.74) is 2.37. The number of thioether (sulfide) groups is 1. The highest BCUT2D eigenvalue weighted by Gasteiger charge is 2.07. The normalized spacial score (nSPS) is 12.3. The highest BCUT2D eigenvalue weighted by molar-refractivity contribution is 7.98. The number of rotatable bonds is 6. The van der Waals surface area contributed by atoms with Gasteiger partial charge in [0.25, 0.3) is 0 Å². The van der Waals surface area contributed by atoms with Gasteiger partial charge in [0, 0.05) is 27.9 Å². The summed E-state index contributed by atoms with van der Waals surface area (Å²) in [5.74, 6) is 0.932. The second-order valence-corrected chi connectivity index (χ2v) is 6.07. The van der Waals surface area contributed by atoms with E-state index >= 15 is 0 Å². The van der Waals surface area contributed by atoms with Crippen molar-refractivity contribution in [3.05, 3.63) is 58.9 Å². The molecular weight excluding hydrogens is 288 g/mol. The molecule has 1 N–H and O–H groups in total. The van der Waals surface area contributed by atoms with Crippen molar-refractivity contribution >= 4 is 23.4 Å². The minimum atomic E-state index is 0.338. The maximum Gasteiger partial charge on any atom is 0.0573 e. The Morgan fingerprint density at radius 1 is 1.20 bits per heavy atom. The first-order chi connectivity index (χ1) is 9.72. The van der Waals surface area contributed by atoms with E-state index in [1.54, 1.807) is 11.8 Å². The zero-order chi connectivity index (χ0) is 14.4. The van der Waals surface area contributed by atoms with Crippen molar-refractivity contribution in [1.29, 1.82) is 0 Å². The monoisotopic (exact) mass is 306 g/mol. The van der Waals surface area contributed by atoms with Crippen molar-refractivity contribution in [3.63, 3.8) is 0 Å². The number of nitrogens with zero attached hydrogens (tertiary/aromatic N) is 1. The molecule has 0 aliphatic rings. The number of nitrogens with one attached hydrogen (secondary N) is 1. The fourth-order valence-electron chi connectivity index (χ4n) is 1.99. The van der Waals surface area contributed by atoms with Gasteiger partial charge in [-0.05, 0) is 43.3 Å². The topological polar surface area (TPSA) is 24.9 Å². The highest BCUT2D eigenvalue weighted by Crippen LogP contribution is 2.24. The van der Waals surface area contributed by atoms with E-state index in [1.807, 2.05) is 25.4 Å². The first-order valence-electron chi connectivity index (χ1n) is 6.73. The van der Waals surface area contributed by atoms with Gasteiger partial charge in [-0.25, -0.2) is 0 Å². The van der Waals surface area contributed by atoms with Gasteiger partial charge >= 0.3 is 0 Å². The lowest BCUT2D eigenvalue weighted by Crippen LogP contribution is -2.16. The third kappa shape index (κ3) is 4.23. The molecule has 2 rings (SSSR count). The van der Waals surface area contributed by atoms with Crippen molar-refractivity contribution in [2.45, 2.75) is 30.0 Å². The van der Waals surface area contributed by atoms with E-state index in [-0.39, 0.29) is 0 Å². The average Bonchev–Trinajstić information content (AvgIpc) is 2.49. The molecule has 1 unspecified atom stereocenters. The van der Waals surface area contributed by atoms with Crippen molar-refractivity contribution in [2.24, 2.45) is 0 Å². The van der Waals surface area contributed by atoms with Gasteiger partial charge in [0.05, 0.1) is 5.69 Å². The quantitative estimate of drug-likeness (QED) is 0.783. The zero-order valence-electron chi connectivity index (χ0n) is 11.8. The lowest BCUT2D eigenvalue weighted by molar-refractivity contribution is 0.561. The molecule has 20 heavy (non-hydrogen) atoms. The molecule has 0 saturated carbocycles. The number of aromatic nitrogens is 1. The van der Waals surface area contributed by atoms with Crippen molar-refractivity contribution in [2.75, 3.05) is 7.05 Å². The molecule has 0 spiro atoms. The molecule has 1 atom stereocenters. The average molecular weight is 307 g/mol. The Balaban J connectivity index is 1.95. The number of pyridine rings is 1. The van der Waals surface area contributed by atoms with Crippen LogP contribution in [0.25, 0.3) is 0 Å². The van der Waals surface area contributed by atoms with Gasteiger partial charge < -0.3 is 5.32 Å². The fraction of sp³-hybridized carbons (Fsp3) is 0.312. The Hall–Kier alpha value is -1.03. The van der Waals surface area contributed by atoms with Crippen LogP contribution in [0.15, 0.2) is 47.5 Å². The van der Waals surface area contributed by atoms with Crippen LogP contribution in [0.4, 0.5) is 0 Å². The van der Waals surface area contributed by atoms with Gasteiger partial charge in [-0.3, -0.25) is 4.98 Å². The third-order valence-corrected chi connectivity index (χ3v) is 4.50. The number of hydrogen-bond acceptors (Lipinski definition) is 3. The molecule has 106 valence electrons. The predicted octanol–water partition coefficient (Wildman–Crippen LogP) is 4.70. The molecule has 0 saturated heterocycles. The highest BCUT2D eigenvalue weighted by atomic mass is 35.5. The first-order valence-corrected chi connectivity index (χ1v) is 8.09. The molecule has 1 aromatic heterocycles. The Morgan fingerprint density at radius 3 is 2.50 bits per heavy atom. The minimum absolute atomic E-state index is 0.338. The van der Waals surface area contributed by atoms with Crippen LogP contribution in [0.1, 0.15) is 30.6 Å². The molecule has 0 bridgehead atoms. The van der Waals surface area contributed by atoms with Crippen LogP contribution in [0, 0.1) is 0 Å². The van der Waals surface area contributed by atoms with E-state index in [0.29, 0.717) is 6.04 Å². The van der Waals surface area contributed by atoms with E-state index in [9.17, 15) is 0 Å². The van der Waals surface area contributed by atoms with Crippen molar-refractivity contribution < 1.29 is 0 Å². The van der Waals surface area contributed by atoms with Crippen LogP contribution < -0.4 is 5.32 Å². The van der Waals surface area contributed by atoms with Crippen LogP contribution in [0.5, 0.6) is 0 Å². The van der Waals surface area contributed by atoms with Gasteiger partial charge in [0.2, 0.25) is 0 Å². The maximum absolute atomic E-state index is 5.88. The van der Waals surface area contributed by atoms with E-state index in [1.165, 1.54) is 10.5 Å². The molecule has 1 heterocycles. The minimum Gasteiger partial charge on any atom is -0.312 e. The molecule has 1 aromatic carbocycles. The van der Waals surface area contributed by atoms with Gasteiger partial charge in [0.1, 0.15) is 0 Å². The Bertz CT molecular complexity index is 521. The SMILES string of the molecule is CCC(NC)c1ccc(SCc2ccc(Cl)cc2)cn1. The molecule has 2 nitrogen and oxygen atoms in total. The smallest absolute Gasteiger partial charge is 0.0573 e. The fourth-order valence-corrected chi connectivity index (χ4v) is 2.93. The number of hydrogen-bond donors (Lipinski definition) is 1. The summed E-state index contributed by atoms with van der Waals surface area (Å²) in [6, 6.07) is 12.6. The Kier molecular flexibility index (Phi) is 5.89. The lowest BCUT2D eigenvalue weighted by Gasteiger charge is -2.13. The molecule has 0 fully saturated rings. The summed E-state index contributed by atoms with van der Waals surface area (Å²) in [5, 5.41) is 4.05. The van der Waals surface area contributed by atoms with Gasteiger partial charge in [-0.15, -0.1) is 11.8 Å². The van der Waals surface area contributed by atoms with Gasteiger partial charge in [-0.1, -0.05) is 30.7 Å². The van der Waals surface area contributed by atoms with Gasteiger partial charge in [-0.2, -0.15) is 0 Å². The molecule has 0 radical (unpaired) electrons. The number of benzene rings is 1. The van der Waals surface area contributed by atoms with Crippen LogP contribution >= 0.6 is 23.4 Å². The summed E-state index contributed by atoms with van der Waals surface area (Å²) < 4.78 is 0. The summed E-state index contributed by atoms with van der Waals surface area (Å²) >= 11 is 7.67. The van der Waals surface area contributed by atoms with E-state index in [4.69, 9.17) is 11.6 Å². The predicted molar refractivity (Wildman–Crippen MR) is 87.3 cm³/mol. The molecular formula is C16H19ClN2S.